The van der Waals surface area contributed by atoms with Gasteiger partial charge in [-0.3, -0.25) is 9.59 Å². The van der Waals surface area contributed by atoms with Gasteiger partial charge in [-0.15, -0.1) is 0 Å². The van der Waals surface area contributed by atoms with Gasteiger partial charge in [-0.25, -0.2) is 0 Å². The Morgan fingerprint density at radius 3 is 2.43 bits per heavy atom. The van der Waals surface area contributed by atoms with Gasteiger partial charge in [0.15, 0.2) is 0 Å². The first-order valence-corrected chi connectivity index (χ1v) is 7.87. The number of halogens is 2. The molecule has 2 aromatic rings. The molecule has 1 fully saturated rings. The summed E-state index contributed by atoms with van der Waals surface area (Å²) in [6.45, 7) is 0. The standard InChI is InChI=1S/C17H14Cl2N2O2/c18-10-3-1-9(2-4-10)12-8-13(12)17(23)21-11-5-6-15(19)14(7-11)16(20)22/h1-7,12-13H,8H2,(H2,20,22)(H,21,23)/t12-,13-/m1/s1. The Labute approximate surface area is 143 Å². The average Bonchev–Trinajstić information content (AvgIpc) is 3.30. The molecule has 0 saturated heterocycles. The number of anilines is 1. The summed E-state index contributed by atoms with van der Waals surface area (Å²) in [7, 11) is 0. The molecule has 3 rings (SSSR count). The fraction of sp³-hybridized carbons (Fsp3) is 0.176. The zero-order chi connectivity index (χ0) is 16.6. The topological polar surface area (TPSA) is 72.2 Å². The van der Waals surface area contributed by atoms with Gasteiger partial charge in [-0.05, 0) is 48.2 Å². The molecule has 4 nitrogen and oxygen atoms in total. The molecular formula is C17H14Cl2N2O2. The molecule has 3 N–H and O–H groups in total. The largest absolute Gasteiger partial charge is 0.366 e. The lowest BCUT2D eigenvalue weighted by molar-refractivity contribution is -0.117. The molecule has 6 heteroatoms. The van der Waals surface area contributed by atoms with Gasteiger partial charge in [-0.2, -0.15) is 0 Å². The molecule has 23 heavy (non-hydrogen) atoms. The maximum atomic E-state index is 12.3. The zero-order valence-corrected chi connectivity index (χ0v) is 13.6. The molecule has 2 aromatic carbocycles. The average molecular weight is 349 g/mol. The van der Waals surface area contributed by atoms with Gasteiger partial charge in [0.2, 0.25) is 11.8 Å². The highest BCUT2D eigenvalue weighted by Crippen LogP contribution is 2.48. The van der Waals surface area contributed by atoms with Crippen LogP contribution in [0.25, 0.3) is 0 Å². The maximum Gasteiger partial charge on any atom is 0.250 e. The zero-order valence-electron chi connectivity index (χ0n) is 12.1. The van der Waals surface area contributed by atoms with Crippen LogP contribution in [0.1, 0.15) is 28.3 Å². The summed E-state index contributed by atoms with van der Waals surface area (Å²) < 4.78 is 0. The van der Waals surface area contributed by atoms with Crippen molar-refractivity contribution >= 4 is 40.7 Å². The molecule has 1 saturated carbocycles. The fourth-order valence-electron chi connectivity index (χ4n) is 2.59. The van der Waals surface area contributed by atoms with Crippen molar-refractivity contribution in [1.82, 2.24) is 0 Å². The van der Waals surface area contributed by atoms with Crippen LogP contribution in [0, 0.1) is 5.92 Å². The number of hydrogen-bond donors (Lipinski definition) is 2. The fourth-order valence-corrected chi connectivity index (χ4v) is 2.93. The van der Waals surface area contributed by atoms with Crippen LogP contribution in [0.3, 0.4) is 0 Å². The summed E-state index contributed by atoms with van der Waals surface area (Å²) in [5.41, 5.74) is 7.05. The molecule has 0 aromatic heterocycles. The number of carbonyl (C=O) groups excluding carboxylic acids is 2. The van der Waals surface area contributed by atoms with Crippen molar-refractivity contribution in [3.8, 4) is 0 Å². The molecule has 0 spiro atoms. The van der Waals surface area contributed by atoms with E-state index in [1.165, 1.54) is 6.07 Å². The minimum absolute atomic E-state index is 0.0797. The molecule has 1 aliphatic rings. The lowest BCUT2D eigenvalue weighted by Crippen LogP contribution is -2.16. The number of carbonyl (C=O) groups is 2. The predicted octanol–water partition coefficient (Wildman–Crippen LogP) is 3.83. The Balaban J connectivity index is 1.68. The second kappa shape index (κ2) is 6.22. The summed E-state index contributed by atoms with van der Waals surface area (Å²) in [4.78, 5) is 23.6. The number of nitrogens with one attached hydrogen (secondary N) is 1. The maximum absolute atomic E-state index is 12.3. The monoisotopic (exact) mass is 348 g/mol. The normalized spacial score (nSPS) is 19.2. The van der Waals surface area contributed by atoms with Crippen LogP contribution in [0.2, 0.25) is 10.0 Å². The highest BCUT2D eigenvalue weighted by molar-refractivity contribution is 6.34. The summed E-state index contributed by atoms with van der Waals surface area (Å²) >= 11 is 11.8. The highest BCUT2D eigenvalue weighted by Gasteiger charge is 2.43. The van der Waals surface area contributed by atoms with Crippen LogP contribution in [0.4, 0.5) is 5.69 Å². The van der Waals surface area contributed by atoms with E-state index in [9.17, 15) is 9.59 Å². The van der Waals surface area contributed by atoms with E-state index in [0.717, 1.165) is 12.0 Å². The van der Waals surface area contributed by atoms with Crippen molar-refractivity contribution < 1.29 is 9.59 Å². The van der Waals surface area contributed by atoms with Gasteiger partial charge >= 0.3 is 0 Å². The minimum atomic E-state index is -0.628. The van der Waals surface area contributed by atoms with Crippen LogP contribution < -0.4 is 11.1 Å². The van der Waals surface area contributed by atoms with Gasteiger partial charge in [0.25, 0.3) is 0 Å². The Hall–Kier alpha value is -2.04. The number of benzene rings is 2. The second-order valence-electron chi connectivity index (χ2n) is 5.55. The van der Waals surface area contributed by atoms with E-state index in [1.54, 1.807) is 12.1 Å². The number of nitrogens with two attached hydrogens (primary N) is 1. The number of primary amides is 1. The lowest BCUT2D eigenvalue weighted by atomic mass is 10.1. The van der Waals surface area contributed by atoms with Crippen molar-refractivity contribution in [1.29, 1.82) is 0 Å². The predicted molar refractivity (Wildman–Crippen MR) is 90.9 cm³/mol. The third-order valence-corrected chi connectivity index (χ3v) is 4.51. The summed E-state index contributed by atoms with van der Waals surface area (Å²) in [6, 6.07) is 12.2. The van der Waals surface area contributed by atoms with Crippen LogP contribution in [0.5, 0.6) is 0 Å². The summed E-state index contributed by atoms with van der Waals surface area (Å²) in [6.07, 6.45) is 0.795. The quantitative estimate of drug-likeness (QED) is 0.880. The molecule has 0 bridgehead atoms. The first-order valence-electron chi connectivity index (χ1n) is 7.11. The van der Waals surface area contributed by atoms with Crippen LogP contribution in [-0.2, 0) is 4.79 Å². The van der Waals surface area contributed by atoms with Crippen molar-refractivity contribution in [2.45, 2.75) is 12.3 Å². The van der Waals surface area contributed by atoms with Crippen molar-refractivity contribution in [2.75, 3.05) is 5.32 Å². The molecule has 0 radical (unpaired) electrons. The first-order chi connectivity index (χ1) is 11.0. The van der Waals surface area contributed by atoms with Gasteiger partial charge in [0, 0.05) is 16.6 Å². The van der Waals surface area contributed by atoms with E-state index in [1.807, 2.05) is 24.3 Å². The molecule has 1 aliphatic carbocycles. The SMILES string of the molecule is NC(=O)c1cc(NC(=O)[C@@H]2C[C@@H]2c2ccc(Cl)cc2)ccc1Cl. The first kappa shape index (κ1) is 15.8. The molecule has 0 unspecified atom stereocenters. The van der Waals surface area contributed by atoms with Crippen LogP contribution in [-0.4, -0.2) is 11.8 Å². The number of rotatable bonds is 4. The Bertz CT molecular complexity index is 775. The summed E-state index contributed by atoms with van der Waals surface area (Å²) in [5.74, 6) is -0.585. The van der Waals surface area contributed by atoms with Crippen molar-refractivity contribution in [3.63, 3.8) is 0 Å². The Morgan fingerprint density at radius 1 is 1.09 bits per heavy atom. The third kappa shape index (κ3) is 3.49. The van der Waals surface area contributed by atoms with E-state index in [2.05, 4.69) is 5.32 Å². The van der Waals surface area contributed by atoms with Gasteiger partial charge in [0.05, 0.1) is 10.6 Å². The van der Waals surface area contributed by atoms with Gasteiger partial charge < -0.3 is 11.1 Å². The highest BCUT2D eigenvalue weighted by atomic mass is 35.5. The van der Waals surface area contributed by atoms with Crippen molar-refractivity contribution in [3.05, 3.63) is 63.6 Å². The number of hydrogen-bond acceptors (Lipinski definition) is 2. The summed E-state index contributed by atoms with van der Waals surface area (Å²) in [5, 5.41) is 3.75. The third-order valence-electron chi connectivity index (χ3n) is 3.92. The molecule has 0 heterocycles. The molecule has 118 valence electrons. The Morgan fingerprint density at radius 2 is 1.78 bits per heavy atom. The van der Waals surface area contributed by atoms with E-state index >= 15 is 0 Å². The van der Waals surface area contributed by atoms with Gasteiger partial charge in [-0.1, -0.05) is 35.3 Å². The smallest absolute Gasteiger partial charge is 0.250 e. The van der Waals surface area contributed by atoms with Crippen molar-refractivity contribution in [2.24, 2.45) is 11.7 Å². The van der Waals surface area contributed by atoms with E-state index < -0.39 is 5.91 Å². The van der Waals surface area contributed by atoms with E-state index in [0.29, 0.717) is 10.7 Å². The molecule has 2 atom stereocenters. The van der Waals surface area contributed by atoms with E-state index in [4.69, 9.17) is 28.9 Å². The van der Waals surface area contributed by atoms with E-state index in [-0.39, 0.29) is 28.3 Å². The van der Waals surface area contributed by atoms with Crippen LogP contribution >= 0.6 is 23.2 Å². The molecule has 2 amide bonds. The second-order valence-corrected chi connectivity index (χ2v) is 6.39. The molecule has 0 aliphatic heterocycles. The van der Waals surface area contributed by atoms with Gasteiger partial charge in [0.1, 0.15) is 0 Å². The van der Waals surface area contributed by atoms with Crippen LogP contribution in [0.15, 0.2) is 42.5 Å². The minimum Gasteiger partial charge on any atom is -0.366 e. The lowest BCUT2D eigenvalue weighted by Gasteiger charge is -2.07. The molecular weight excluding hydrogens is 335 g/mol. The Kier molecular flexibility index (Phi) is 4.28. The number of amides is 2.